The molecule has 0 amide bonds. The van der Waals surface area contributed by atoms with E-state index in [1.54, 1.807) is 0 Å². The highest BCUT2D eigenvalue weighted by Crippen LogP contribution is 2.45. The molecule has 6 nitrogen and oxygen atoms in total. The molecule has 280 valence electrons. The second-order valence-corrected chi connectivity index (χ2v) is 14.7. The van der Waals surface area contributed by atoms with E-state index in [1.165, 1.54) is 11.1 Å². The molecule has 0 radical (unpaired) electrons. The summed E-state index contributed by atoms with van der Waals surface area (Å²) in [5.41, 5.74) is 12.9. The summed E-state index contributed by atoms with van der Waals surface area (Å²) in [5, 5.41) is 23.5. The standard InChI is InChI=1S/C54H34N6/c1-35-16-8-11-23-42(35)38-28-29-50-46(30-38)45-26-14-15-27-49(45)60(50)51-47(43-24-12-9-21-39(43)33-55)31-41(32-48(51)44-25-13-10-22-40(44)34-56)54-58-52(36-17-4-2-5-18-36)57-53(59-54)37-19-6-3-7-20-37/h2-32H,1H3. The summed E-state index contributed by atoms with van der Waals surface area (Å²) in [7, 11) is 0. The third-order valence-electron chi connectivity index (χ3n) is 11.1. The van der Waals surface area contributed by atoms with Crippen molar-refractivity contribution in [3.63, 3.8) is 0 Å². The Morgan fingerprint density at radius 3 is 1.42 bits per heavy atom. The van der Waals surface area contributed by atoms with Crippen LogP contribution in [0.2, 0.25) is 0 Å². The van der Waals surface area contributed by atoms with Gasteiger partial charge in [0.05, 0.1) is 40.0 Å². The van der Waals surface area contributed by atoms with E-state index in [2.05, 4.69) is 102 Å². The van der Waals surface area contributed by atoms with Crippen molar-refractivity contribution in [1.29, 1.82) is 10.5 Å². The van der Waals surface area contributed by atoms with Gasteiger partial charge in [0.25, 0.3) is 0 Å². The van der Waals surface area contributed by atoms with Crippen LogP contribution in [0.25, 0.3) is 95.0 Å². The fraction of sp³-hybridized carbons (Fsp3) is 0.0185. The molecule has 0 aliphatic heterocycles. The summed E-state index contributed by atoms with van der Waals surface area (Å²) in [5.74, 6) is 1.53. The van der Waals surface area contributed by atoms with E-state index in [9.17, 15) is 10.5 Å². The van der Waals surface area contributed by atoms with E-state index in [1.807, 2.05) is 109 Å². The van der Waals surface area contributed by atoms with Crippen LogP contribution in [0.4, 0.5) is 0 Å². The molecule has 0 spiro atoms. The van der Waals surface area contributed by atoms with E-state index in [0.29, 0.717) is 34.2 Å². The Balaban J connectivity index is 1.35. The van der Waals surface area contributed by atoms with Crippen molar-refractivity contribution in [3.8, 4) is 85.4 Å². The summed E-state index contributed by atoms with van der Waals surface area (Å²) >= 11 is 0. The van der Waals surface area contributed by atoms with Crippen LogP contribution in [0.15, 0.2) is 188 Å². The number of aryl methyl sites for hydroxylation is 1. The topological polar surface area (TPSA) is 91.2 Å². The lowest BCUT2D eigenvalue weighted by molar-refractivity contribution is 1.07. The SMILES string of the molecule is Cc1ccccc1-c1ccc2c(c1)c1ccccc1n2-c1c(-c2ccccc2C#N)cc(-c2nc(-c3ccccc3)nc(-c3ccccc3)n2)cc1-c1ccccc1C#N. The summed E-state index contributed by atoms with van der Waals surface area (Å²) in [4.78, 5) is 15.2. The van der Waals surface area contributed by atoms with Crippen LogP contribution in [0.1, 0.15) is 16.7 Å². The number of aromatic nitrogens is 4. The van der Waals surface area contributed by atoms with Crippen LogP contribution in [-0.2, 0) is 0 Å². The first-order valence-corrected chi connectivity index (χ1v) is 19.7. The number of nitrogens with zero attached hydrogens (tertiary/aromatic N) is 6. The molecule has 0 saturated carbocycles. The summed E-state index contributed by atoms with van der Waals surface area (Å²) < 4.78 is 2.29. The lowest BCUT2D eigenvalue weighted by Gasteiger charge is -2.22. The van der Waals surface area contributed by atoms with Crippen LogP contribution >= 0.6 is 0 Å². The van der Waals surface area contributed by atoms with E-state index in [-0.39, 0.29) is 0 Å². The molecule has 10 rings (SSSR count). The molecule has 0 saturated heterocycles. The predicted molar refractivity (Wildman–Crippen MR) is 241 cm³/mol. The van der Waals surface area contributed by atoms with Crippen molar-refractivity contribution in [2.45, 2.75) is 6.92 Å². The first kappa shape index (κ1) is 35.9. The zero-order valence-corrected chi connectivity index (χ0v) is 32.6. The smallest absolute Gasteiger partial charge is 0.164 e. The van der Waals surface area contributed by atoms with E-state index >= 15 is 0 Å². The Hall–Kier alpha value is -8.45. The van der Waals surface area contributed by atoms with Gasteiger partial charge in [0.15, 0.2) is 17.5 Å². The Kier molecular flexibility index (Phi) is 9.06. The summed E-state index contributed by atoms with van der Waals surface area (Å²) in [6.45, 7) is 2.14. The lowest BCUT2D eigenvalue weighted by atomic mass is 9.89. The monoisotopic (exact) mass is 766 g/mol. The molecule has 2 aromatic heterocycles. The average molecular weight is 767 g/mol. The fourth-order valence-corrected chi connectivity index (χ4v) is 8.26. The minimum atomic E-state index is 0.464. The maximum atomic E-state index is 10.7. The zero-order chi connectivity index (χ0) is 40.6. The minimum Gasteiger partial charge on any atom is -0.308 e. The third kappa shape index (κ3) is 6.26. The quantitative estimate of drug-likeness (QED) is 0.161. The molecule has 60 heavy (non-hydrogen) atoms. The highest BCUT2D eigenvalue weighted by atomic mass is 15.0. The number of para-hydroxylation sites is 1. The van der Waals surface area contributed by atoms with Crippen molar-refractivity contribution in [3.05, 3.63) is 205 Å². The number of fused-ring (bicyclic) bond motifs is 3. The lowest BCUT2D eigenvalue weighted by Crippen LogP contribution is -2.05. The van der Waals surface area contributed by atoms with Gasteiger partial charge in [-0.05, 0) is 66.1 Å². The Labute approximate surface area is 347 Å². The molecule has 8 aromatic carbocycles. The van der Waals surface area contributed by atoms with Gasteiger partial charge in [-0.15, -0.1) is 0 Å². The van der Waals surface area contributed by atoms with Gasteiger partial charge in [-0.1, -0.05) is 146 Å². The van der Waals surface area contributed by atoms with Crippen LogP contribution in [-0.4, -0.2) is 19.5 Å². The molecule has 2 heterocycles. The molecule has 0 N–H and O–H groups in total. The van der Waals surface area contributed by atoms with Gasteiger partial charge in [-0.2, -0.15) is 10.5 Å². The molecule has 0 aliphatic carbocycles. The first-order chi connectivity index (χ1) is 29.6. The van der Waals surface area contributed by atoms with Gasteiger partial charge in [-0.25, -0.2) is 15.0 Å². The Morgan fingerprint density at radius 2 is 0.850 bits per heavy atom. The molecule has 10 aromatic rings. The van der Waals surface area contributed by atoms with Gasteiger partial charge in [0, 0.05) is 49.7 Å². The van der Waals surface area contributed by atoms with E-state index < -0.39 is 0 Å². The summed E-state index contributed by atoms with van der Waals surface area (Å²) in [6, 6.07) is 67.8. The summed E-state index contributed by atoms with van der Waals surface area (Å²) in [6.07, 6.45) is 0. The minimum absolute atomic E-state index is 0.464. The van der Waals surface area contributed by atoms with Crippen LogP contribution < -0.4 is 0 Å². The third-order valence-corrected chi connectivity index (χ3v) is 11.1. The first-order valence-electron chi connectivity index (χ1n) is 19.7. The molecule has 0 aliphatic rings. The normalized spacial score (nSPS) is 11.1. The Bertz CT molecular complexity index is 3220. The van der Waals surface area contributed by atoms with Gasteiger partial charge in [0.2, 0.25) is 0 Å². The van der Waals surface area contributed by atoms with Crippen LogP contribution in [0, 0.1) is 29.6 Å². The van der Waals surface area contributed by atoms with Crippen molar-refractivity contribution >= 4 is 21.8 Å². The molecule has 0 bridgehead atoms. The molecule has 0 fully saturated rings. The highest BCUT2D eigenvalue weighted by molar-refractivity contribution is 6.12. The molecular formula is C54H34N6. The molecule has 6 heteroatoms. The highest BCUT2D eigenvalue weighted by Gasteiger charge is 2.25. The zero-order valence-electron chi connectivity index (χ0n) is 32.6. The number of hydrogen-bond donors (Lipinski definition) is 0. The Morgan fingerprint density at radius 1 is 0.383 bits per heavy atom. The van der Waals surface area contributed by atoms with Crippen molar-refractivity contribution in [2.75, 3.05) is 0 Å². The second kappa shape index (κ2) is 15.1. The predicted octanol–water partition coefficient (Wildman–Crippen LogP) is 13.0. The second-order valence-electron chi connectivity index (χ2n) is 14.7. The van der Waals surface area contributed by atoms with Gasteiger partial charge < -0.3 is 4.57 Å². The van der Waals surface area contributed by atoms with Crippen molar-refractivity contribution in [2.24, 2.45) is 0 Å². The largest absolute Gasteiger partial charge is 0.308 e. The molecular weight excluding hydrogens is 733 g/mol. The number of nitriles is 2. The average Bonchev–Trinajstić information content (AvgIpc) is 3.64. The number of hydrogen-bond acceptors (Lipinski definition) is 5. The van der Waals surface area contributed by atoms with E-state index in [0.717, 1.165) is 66.4 Å². The molecule has 0 unspecified atom stereocenters. The van der Waals surface area contributed by atoms with Crippen LogP contribution in [0.5, 0.6) is 0 Å². The van der Waals surface area contributed by atoms with Crippen LogP contribution in [0.3, 0.4) is 0 Å². The van der Waals surface area contributed by atoms with Gasteiger partial charge in [-0.3, -0.25) is 0 Å². The number of benzene rings is 8. The van der Waals surface area contributed by atoms with Gasteiger partial charge >= 0.3 is 0 Å². The fourth-order valence-electron chi connectivity index (χ4n) is 8.26. The maximum absolute atomic E-state index is 10.7. The number of rotatable bonds is 7. The molecule has 0 atom stereocenters. The van der Waals surface area contributed by atoms with Crippen molar-refractivity contribution < 1.29 is 0 Å². The maximum Gasteiger partial charge on any atom is 0.164 e. The van der Waals surface area contributed by atoms with Gasteiger partial charge in [0.1, 0.15) is 0 Å². The van der Waals surface area contributed by atoms with Crippen molar-refractivity contribution in [1.82, 2.24) is 19.5 Å². The van der Waals surface area contributed by atoms with E-state index in [4.69, 9.17) is 15.0 Å².